The Kier molecular flexibility index (Phi) is 9.00. The highest BCUT2D eigenvalue weighted by atomic mass is 16.5. The van der Waals surface area contributed by atoms with E-state index in [1.54, 1.807) is 26.4 Å². The average Bonchev–Trinajstić information content (AvgIpc) is 3.82. The zero-order chi connectivity index (χ0) is 32.1. The second kappa shape index (κ2) is 13.3. The Bertz CT molecular complexity index is 1660. The van der Waals surface area contributed by atoms with E-state index in [1.165, 1.54) is 11.0 Å². The summed E-state index contributed by atoms with van der Waals surface area (Å²) in [4.78, 5) is 31.3. The summed E-state index contributed by atoms with van der Waals surface area (Å²) in [6.45, 7) is 3.33. The molecule has 2 amide bonds. The smallest absolute Gasteiger partial charge is 0.257 e. The van der Waals surface area contributed by atoms with Crippen molar-refractivity contribution in [3.8, 4) is 17.2 Å². The fourth-order valence-electron chi connectivity index (χ4n) is 7.08. The van der Waals surface area contributed by atoms with Crippen molar-refractivity contribution in [2.45, 2.75) is 36.5 Å². The third-order valence-corrected chi connectivity index (χ3v) is 9.83. The van der Waals surface area contributed by atoms with Crippen LogP contribution in [-0.4, -0.2) is 94.0 Å². The number of hydrogen-bond acceptors (Lipinski definition) is 9. The minimum Gasteiger partial charge on any atom is -0.497 e. The van der Waals surface area contributed by atoms with Gasteiger partial charge in [-0.3, -0.25) is 14.8 Å². The molecule has 12 heteroatoms. The first-order valence-electron chi connectivity index (χ1n) is 15.5. The summed E-state index contributed by atoms with van der Waals surface area (Å²) in [5, 5.41) is 21.0. The topological polar surface area (TPSA) is 135 Å². The van der Waals surface area contributed by atoms with Gasteiger partial charge in [-0.05, 0) is 97.2 Å². The van der Waals surface area contributed by atoms with Gasteiger partial charge >= 0.3 is 0 Å². The number of hydrogen-bond donors (Lipinski definition) is 2. The highest BCUT2D eigenvalue weighted by Gasteiger charge is 2.45. The molecule has 0 aliphatic carbocycles. The van der Waals surface area contributed by atoms with E-state index in [1.807, 2.05) is 58.9 Å². The normalized spacial score (nSPS) is 19.5. The van der Waals surface area contributed by atoms with Crippen LogP contribution in [0.15, 0.2) is 79.1 Å². The lowest BCUT2D eigenvalue weighted by atomic mass is 9.71. The molecule has 0 radical (unpaired) electrons. The van der Waals surface area contributed by atoms with Crippen LogP contribution >= 0.6 is 0 Å². The molecule has 0 bridgehead atoms. The monoisotopic (exact) mass is 625 g/mol. The number of likely N-dealkylation sites (tertiary alicyclic amines) is 2. The molecule has 46 heavy (non-hydrogen) atoms. The molecule has 0 saturated carbocycles. The van der Waals surface area contributed by atoms with Gasteiger partial charge in [0, 0.05) is 18.5 Å². The minimum atomic E-state index is -0.774. The number of carbonyl (C=O) groups is 2. The van der Waals surface area contributed by atoms with Crippen molar-refractivity contribution >= 4 is 11.8 Å². The zero-order valence-corrected chi connectivity index (χ0v) is 26.1. The Morgan fingerprint density at radius 3 is 2.39 bits per heavy atom. The SMILES string of the molecule is COc1cccc(C2(CCN3CCC(C(=O)NO)(c4ccccc4)CC3)CCN(C(=O)c3cc(-n4cnnn4)ccc3OC)C2)c1. The lowest BCUT2D eigenvalue weighted by Gasteiger charge is -2.41. The van der Waals surface area contributed by atoms with E-state index in [2.05, 4.69) is 32.6 Å². The van der Waals surface area contributed by atoms with Gasteiger partial charge in [0.05, 0.1) is 30.9 Å². The summed E-state index contributed by atoms with van der Waals surface area (Å²) in [5.74, 6) is 0.786. The molecule has 1 aromatic heterocycles. The van der Waals surface area contributed by atoms with E-state index in [0.717, 1.165) is 36.3 Å². The van der Waals surface area contributed by atoms with Gasteiger partial charge < -0.3 is 19.3 Å². The van der Waals surface area contributed by atoms with Crippen molar-refractivity contribution in [3.63, 3.8) is 0 Å². The maximum Gasteiger partial charge on any atom is 0.257 e. The molecule has 12 nitrogen and oxygen atoms in total. The molecule has 1 unspecified atom stereocenters. The molecule has 1 atom stereocenters. The van der Waals surface area contributed by atoms with Crippen LogP contribution in [0.2, 0.25) is 0 Å². The Morgan fingerprint density at radius 2 is 1.70 bits per heavy atom. The van der Waals surface area contributed by atoms with Gasteiger partial charge in [0.2, 0.25) is 0 Å². The Hall–Kier alpha value is -4.81. The van der Waals surface area contributed by atoms with E-state index >= 15 is 0 Å². The van der Waals surface area contributed by atoms with Crippen LogP contribution in [-0.2, 0) is 15.6 Å². The molecular weight excluding hydrogens is 586 g/mol. The first kappa shape index (κ1) is 31.2. The number of benzene rings is 3. The van der Waals surface area contributed by atoms with Crippen molar-refractivity contribution in [2.24, 2.45) is 0 Å². The third kappa shape index (κ3) is 5.93. The summed E-state index contributed by atoms with van der Waals surface area (Å²) < 4.78 is 12.7. The molecule has 240 valence electrons. The zero-order valence-electron chi connectivity index (χ0n) is 26.1. The van der Waals surface area contributed by atoms with Crippen molar-refractivity contribution in [3.05, 3.63) is 95.8 Å². The molecule has 2 saturated heterocycles. The van der Waals surface area contributed by atoms with Gasteiger partial charge in [0.15, 0.2) is 0 Å². The highest BCUT2D eigenvalue weighted by molar-refractivity contribution is 5.98. The number of nitrogens with one attached hydrogen (secondary N) is 1. The number of ether oxygens (including phenoxy) is 2. The predicted molar refractivity (Wildman–Crippen MR) is 169 cm³/mol. The van der Waals surface area contributed by atoms with E-state index in [4.69, 9.17) is 9.47 Å². The average molecular weight is 626 g/mol. The molecule has 2 N–H and O–H groups in total. The molecule has 4 aromatic rings. The Morgan fingerprint density at radius 1 is 0.913 bits per heavy atom. The largest absolute Gasteiger partial charge is 0.497 e. The number of nitrogens with zero attached hydrogens (tertiary/aromatic N) is 6. The summed E-state index contributed by atoms with van der Waals surface area (Å²) in [7, 11) is 3.22. The van der Waals surface area contributed by atoms with Crippen molar-refractivity contribution in [2.75, 3.05) is 46.9 Å². The maximum absolute atomic E-state index is 14.1. The van der Waals surface area contributed by atoms with E-state index in [-0.39, 0.29) is 17.2 Å². The molecule has 2 aliphatic rings. The van der Waals surface area contributed by atoms with Gasteiger partial charge in [0.25, 0.3) is 11.8 Å². The predicted octanol–water partition coefficient (Wildman–Crippen LogP) is 3.39. The van der Waals surface area contributed by atoms with Crippen molar-refractivity contribution in [1.29, 1.82) is 0 Å². The van der Waals surface area contributed by atoms with Gasteiger partial charge in [-0.15, -0.1) is 5.10 Å². The standard InChI is InChI=1S/C34H39N7O5/c1-45-28-10-6-9-26(21-28)33(13-17-39-18-15-34(16-19-39,32(43)36-44)25-7-4-3-5-8-25)14-20-40(23-33)31(42)29-22-27(11-12-30(29)46-2)41-24-35-37-38-41/h3-12,21-22,24,44H,13-20,23H2,1-2H3,(H,36,43). The number of piperidine rings is 1. The highest BCUT2D eigenvalue weighted by Crippen LogP contribution is 2.42. The number of amides is 2. The van der Waals surface area contributed by atoms with Gasteiger partial charge in [-0.1, -0.05) is 42.5 Å². The first-order valence-corrected chi connectivity index (χ1v) is 15.5. The quantitative estimate of drug-likeness (QED) is 0.201. The maximum atomic E-state index is 14.1. The lowest BCUT2D eigenvalue weighted by molar-refractivity contribution is -0.137. The Balaban J connectivity index is 1.22. The van der Waals surface area contributed by atoms with Crippen molar-refractivity contribution in [1.82, 2.24) is 35.5 Å². The van der Waals surface area contributed by atoms with Crippen LogP contribution in [0.4, 0.5) is 0 Å². The lowest BCUT2D eigenvalue weighted by Crippen LogP contribution is -2.51. The number of methoxy groups -OCH3 is 2. The number of hydroxylamine groups is 1. The molecule has 3 aromatic carbocycles. The fourth-order valence-corrected chi connectivity index (χ4v) is 7.08. The Labute approximate surface area is 267 Å². The van der Waals surface area contributed by atoms with Crippen LogP contribution in [0.25, 0.3) is 5.69 Å². The van der Waals surface area contributed by atoms with Crippen LogP contribution in [0.3, 0.4) is 0 Å². The minimum absolute atomic E-state index is 0.114. The van der Waals surface area contributed by atoms with E-state index in [9.17, 15) is 14.8 Å². The summed E-state index contributed by atoms with van der Waals surface area (Å²) >= 11 is 0. The number of rotatable bonds is 10. The molecule has 2 fully saturated rings. The summed E-state index contributed by atoms with van der Waals surface area (Å²) in [5.41, 5.74) is 4.01. The summed E-state index contributed by atoms with van der Waals surface area (Å²) in [6, 6.07) is 23.2. The third-order valence-electron chi connectivity index (χ3n) is 9.83. The van der Waals surface area contributed by atoms with Crippen LogP contribution < -0.4 is 15.0 Å². The molecule has 3 heterocycles. The molecule has 0 spiro atoms. The number of aromatic nitrogens is 4. The number of carbonyl (C=O) groups excluding carboxylic acids is 2. The van der Waals surface area contributed by atoms with E-state index < -0.39 is 5.41 Å². The van der Waals surface area contributed by atoms with Gasteiger partial charge in [-0.2, -0.15) is 0 Å². The van der Waals surface area contributed by atoms with Gasteiger partial charge in [-0.25, -0.2) is 10.2 Å². The molecule has 6 rings (SSSR count). The second-order valence-corrected chi connectivity index (χ2v) is 12.1. The van der Waals surface area contributed by atoms with Gasteiger partial charge in [0.1, 0.15) is 17.8 Å². The molecule has 2 aliphatic heterocycles. The van der Waals surface area contributed by atoms with Crippen LogP contribution in [0.5, 0.6) is 11.5 Å². The van der Waals surface area contributed by atoms with Crippen molar-refractivity contribution < 1.29 is 24.3 Å². The van der Waals surface area contributed by atoms with E-state index in [0.29, 0.717) is 56.0 Å². The van der Waals surface area contributed by atoms with Crippen LogP contribution in [0, 0.1) is 0 Å². The molecular formula is C34H39N7O5. The van der Waals surface area contributed by atoms with Crippen LogP contribution in [0.1, 0.15) is 47.2 Å². The fraction of sp³-hybridized carbons (Fsp3) is 0.382. The second-order valence-electron chi connectivity index (χ2n) is 12.1. The number of tetrazole rings is 1. The first-order chi connectivity index (χ1) is 22.4. The summed E-state index contributed by atoms with van der Waals surface area (Å²) in [6.07, 6.45) is 4.28.